The molecule has 3 rings (SSSR count). The fraction of sp³-hybridized carbons (Fsp3) is 0.895. The zero-order valence-corrected chi connectivity index (χ0v) is 15.7. The van der Waals surface area contributed by atoms with Crippen LogP contribution in [0.25, 0.3) is 0 Å². The van der Waals surface area contributed by atoms with Gasteiger partial charge in [0, 0.05) is 6.54 Å². The second-order valence-corrected chi connectivity index (χ2v) is 9.23. The summed E-state index contributed by atoms with van der Waals surface area (Å²) in [6.45, 7) is 11.3. The number of nitrogens with zero attached hydrogens (tertiary/aromatic N) is 2. The van der Waals surface area contributed by atoms with E-state index in [0.29, 0.717) is 18.5 Å². The van der Waals surface area contributed by atoms with Crippen LogP contribution in [-0.4, -0.2) is 47.0 Å². The number of carbonyl (C=O) groups is 2. The van der Waals surface area contributed by atoms with Gasteiger partial charge in [-0.05, 0) is 55.9 Å². The standard InChI is InChI=1S/C19H33N3O2/c1-5-15-7-6-8-21(11-15)13-22-16(23)19(20-17(22)24)10-14(2)9-18(3,4)12-19/h14-15H,5-13H2,1-4H3,(H,20,24)/t14-,15-,19+/m1/s1. The monoisotopic (exact) mass is 335 g/mol. The Labute approximate surface area is 146 Å². The molecule has 1 saturated carbocycles. The number of hydrogen-bond donors (Lipinski definition) is 1. The zero-order valence-electron chi connectivity index (χ0n) is 15.7. The fourth-order valence-electron chi connectivity index (χ4n) is 5.45. The molecule has 3 atom stereocenters. The van der Waals surface area contributed by atoms with Crippen molar-refractivity contribution in [2.24, 2.45) is 17.3 Å². The molecule has 5 nitrogen and oxygen atoms in total. The molecule has 24 heavy (non-hydrogen) atoms. The summed E-state index contributed by atoms with van der Waals surface area (Å²) in [6, 6.07) is -0.191. The quantitative estimate of drug-likeness (QED) is 0.806. The lowest BCUT2D eigenvalue weighted by Gasteiger charge is -2.44. The zero-order chi connectivity index (χ0) is 17.5. The lowest BCUT2D eigenvalue weighted by Crippen LogP contribution is -2.54. The van der Waals surface area contributed by atoms with Crippen LogP contribution in [0.1, 0.15) is 66.2 Å². The molecule has 136 valence electrons. The largest absolute Gasteiger partial charge is 0.326 e. The molecule has 3 aliphatic rings. The molecule has 5 heteroatoms. The van der Waals surface area contributed by atoms with Crippen molar-refractivity contribution in [3.05, 3.63) is 0 Å². The SMILES string of the molecule is CC[C@@H]1CCCN(CN2C(=O)N[C@]3(C[C@H](C)CC(C)(C)C3)C2=O)C1. The van der Waals surface area contributed by atoms with Crippen LogP contribution in [0.15, 0.2) is 0 Å². The van der Waals surface area contributed by atoms with Crippen LogP contribution in [0.5, 0.6) is 0 Å². The Kier molecular flexibility index (Phi) is 4.67. The van der Waals surface area contributed by atoms with Crippen LogP contribution in [0.2, 0.25) is 0 Å². The van der Waals surface area contributed by atoms with Crippen molar-refractivity contribution in [1.29, 1.82) is 0 Å². The van der Waals surface area contributed by atoms with E-state index in [2.05, 4.69) is 37.9 Å². The number of likely N-dealkylation sites (tertiary alicyclic amines) is 1. The third kappa shape index (κ3) is 3.32. The normalized spacial score (nSPS) is 37.1. The Morgan fingerprint density at radius 2 is 2.00 bits per heavy atom. The van der Waals surface area contributed by atoms with Gasteiger partial charge in [0.1, 0.15) is 5.54 Å². The first-order valence-corrected chi connectivity index (χ1v) is 9.61. The summed E-state index contributed by atoms with van der Waals surface area (Å²) in [4.78, 5) is 29.5. The van der Waals surface area contributed by atoms with Gasteiger partial charge in [-0.3, -0.25) is 9.69 Å². The number of hydrogen-bond acceptors (Lipinski definition) is 3. The number of imide groups is 1. The van der Waals surface area contributed by atoms with Crippen LogP contribution < -0.4 is 5.32 Å². The van der Waals surface area contributed by atoms with Crippen molar-refractivity contribution in [2.45, 2.75) is 71.8 Å². The predicted molar refractivity (Wildman–Crippen MR) is 94.4 cm³/mol. The maximum absolute atomic E-state index is 13.2. The van der Waals surface area contributed by atoms with E-state index in [1.165, 1.54) is 17.7 Å². The van der Waals surface area contributed by atoms with Crippen molar-refractivity contribution in [2.75, 3.05) is 19.8 Å². The van der Waals surface area contributed by atoms with Crippen molar-refractivity contribution in [3.63, 3.8) is 0 Å². The lowest BCUT2D eigenvalue weighted by atomic mass is 9.64. The van der Waals surface area contributed by atoms with Crippen molar-refractivity contribution >= 4 is 11.9 Å². The topological polar surface area (TPSA) is 52.6 Å². The van der Waals surface area contributed by atoms with E-state index in [9.17, 15) is 9.59 Å². The number of amides is 3. The Hall–Kier alpha value is -1.10. The number of carbonyl (C=O) groups excluding carboxylic acids is 2. The molecule has 0 unspecified atom stereocenters. The van der Waals surface area contributed by atoms with E-state index in [1.807, 2.05) is 0 Å². The third-order valence-electron chi connectivity index (χ3n) is 6.15. The van der Waals surface area contributed by atoms with Gasteiger partial charge in [0.25, 0.3) is 5.91 Å². The van der Waals surface area contributed by atoms with Crippen molar-refractivity contribution < 1.29 is 9.59 Å². The predicted octanol–water partition coefficient (Wildman–Crippen LogP) is 3.20. The molecule has 1 N–H and O–H groups in total. The minimum absolute atomic E-state index is 0.00532. The van der Waals surface area contributed by atoms with Crippen LogP contribution in [0, 0.1) is 17.3 Å². The molecule has 2 saturated heterocycles. The molecule has 1 aliphatic carbocycles. The van der Waals surface area contributed by atoms with E-state index in [0.717, 1.165) is 38.8 Å². The molecule has 0 aromatic rings. The highest BCUT2D eigenvalue weighted by atomic mass is 16.2. The first-order valence-electron chi connectivity index (χ1n) is 9.61. The van der Waals surface area contributed by atoms with Gasteiger partial charge >= 0.3 is 6.03 Å². The Bertz CT molecular complexity index is 519. The highest BCUT2D eigenvalue weighted by molar-refractivity contribution is 6.07. The average Bonchev–Trinajstić information content (AvgIpc) is 2.69. The van der Waals surface area contributed by atoms with E-state index in [-0.39, 0.29) is 17.4 Å². The summed E-state index contributed by atoms with van der Waals surface area (Å²) < 4.78 is 0. The molecule has 0 aromatic heterocycles. The number of rotatable bonds is 3. The second kappa shape index (κ2) is 6.32. The van der Waals surface area contributed by atoms with Gasteiger partial charge in [-0.25, -0.2) is 9.69 Å². The van der Waals surface area contributed by atoms with Gasteiger partial charge in [0.05, 0.1) is 6.67 Å². The molecule has 2 aliphatic heterocycles. The van der Waals surface area contributed by atoms with Crippen LogP contribution in [-0.2, 0) is 4.79 Å². The third-order valence-corrected chi connectivity index (χ3v) is 6.15. The Morgan fingerprint density at radius 1 is 1.25 bits per heavy atom. The molecule has 0 bridgehead atoms. The molecule has 3 fully saturated rings. The summed E-state index contributed by atoms with van der Waals surface area (Å²) in [5.74, 6) is 1.16. The van der Waals surface area contributed by atoms with Crippen molar-refractivity contribution in [3.8, 4) is 0 Å². The molecule has 0 radical (unpaired) electrons. The minimum atomic E-state index is -0.668. The summed E-state index contributed by atoms with van der Waals surface area (Å²) in [5, 5.41) is 3.08. The highest BCUT2D eigenvalue weighted by Gasteiger charge is 2.56. The van der Waals surface area contributed by atoms with E-state index < -0.39 is 5.54 Å². The highest BCUT2D eigenvalue weighted by Crippen LogP contribution is 2.46. The van der Waals surface area contributed by atoms with Gasteiger partial charge < -0.3 is 5.32 Å². The Morgan fingerprint density at radius 3 is 2.67 bits per heavy atom. The van der Waals surface area contributed by atoms with Gasteiger partial charge in [0.15, 0.2) is 0 Å². The first kappa shape index (κ1) is 17.7. The molecule has 2 heterocycles. The number of piperidine rings is 1. The number of urea groups is 1. The molecular formula is C19H33N3O2. The van der Waals surface area contributed by atoms with E-state index in [1.54, 1.807) is 0 Å². The van der Waals surface area contributed by atoms with Gasteiger partial charge in [-0.15, -0.1) is 0 Å². The lowest BCUT2D eigenvalue weighted by molar-refractivity contribution is -0.136. The van der Waals surface area contributed by atoms with Crippen LogP contribution in [0.4, 0.5) is 4.79 Å². The molecule has 0 aromatic carbocycles. The molecule has 3 amide bonds. The van der Waals surface area contributed by atoms with E-state index >= 15 is 0 Å². The van der Waals surface area contributed by atoms with E-state index in [4.69, 9.17) is 0 Å². The maximum atomic E-state index is 13.2. The second-order valence-electron chi connectivity index (χ2n) is 9.23. The van der Waals surface area contributed by atoms with Crippen molar-refractivity contribution in [1.82, 2.24) is 15.1 Å². The first-order chi connectivity index (χ1) is 11.2. The van der Waals surface area contributed by atoms with Gasteiger partial charge in [-0.2, -0.15) is 0 Å². The maximum Gasteiger partial charge on any atom is 0.326 e. The van der Waals surface area contributed by atoms with Gasteiger partial charge in [0.2, 0.25) is 0 Å². The summed E-state index contributed by atoms with van der Waals surface area (Å²) in [5.41, 5.74) is -0.576. The minimum Gasteiger partial charge on any atom is -0.323 e. The summed E-state index contributed by atoms with van der Waals surface area (Å²) >= 11 is 0. The van der Waals surface area contributed by atoms with Gasteiger partial charge in [-0.1, -0.05) is 34.1 Å². The fourth-order valence-corrected chi connectivity index (χ4v) is 5.45. The van der Waals surface area contributed by atoms with Crippen LogP contribution in [0.3, 0.4) is 0 Å². The Balaban J connectivity index is 1.72. The smallest absolute Gasteiger partial charge is 0.323 e. The molecule has 1 spiro atoms. The van der Waals surface area contributed by atoms with Crippen LogP contribution >= 0.6 is 0 Å². The number of nitrogens with one attached hydrogen (secondary N) is 1. The summed E-state index contributed by atoms with van der Waals surface area (Å²) in [6.07, 6.45) is 6.24. The average molecular weight is 335 g/mol. The molecular weight excluding hydrogens is 302 g/mol. The summed E-state index contributed by atoms with van der Waals surface area (Å²) in [7, 11) is 0.